The number of hydrogen-bond acceptors (Lipinski definition) is 2. The van der Waals surface area contributed by atoms with Crippen molar-refractivity contribution < 1.29 is 10.2 Å². The fourth-order valence-electron chi connectivity index (χ4n) is 1.17. The van der Waals surface area contributed by atoms with Gasteiger partial charge in [-0.25, -0.2) is 0 Å². The topological polar surface area (TPSA) is 40.5 Å². The van der Waals surface area contributed by atoms with Gasteiger partial charge in [-0.15, -0.1) is 0 Å². The van der Waals surface area contributed by atoms with Crippen LogP contribution in [0.1, 0.15) is 38.5 Å². The summed E-state index contributed by atoms with van der Waals surface area (Å²) in [6.45, 7) is 3.70. The molecular formula is C10H18O2. The Morgan fingerprint density at radius 2 is 1.75 bits per heavy atom. The monoisotopic (exact) mass is 170 g/mol. The van der Waals surface area contributed by atoms with Gasteiger partial charge in [0, 0.05) is 0 Å². The van der Waals surface area contributed by atoms with E-state index in [-0.39, 0.29) is 6.61 Å². The van der Waals surface area contributed by atoms with Crippen molar-refractivity contribution in [3.05, 3.63) is 12.2 Å². The van der Waals surface area contributed by atoms with E-state index in [2.05, 4.69) is 6.58 Å². The van der Waals surface area contributed by atoms with E-state index >= 15 is 0 Å². The minimum atomic E-state index is -0.681. The normalized spacial score (nSPS) is 24.7. The third kappa shape index (κ3) is 2.61. The van der Waals surface area contributed by atoms with E-state index in [0.717, 1.165) is 19.3 Å². The quantitative estimate of drug-likeness (QED) is 0.587. The highest BCUT2D eigenvalue weighted by Crippen LogP contribution is 2.30. The second-order valence-corrected chi connectivity index (χ2v) is 3.84. The number of aliphatic hydroxyl groups excluding tert-OH is 1. The third-order valence-electron chi connectivity index (χ3n) is 2.64. The first-order valence-electron chi connectivity index (χ1n) is 4.66. The molecule has 2 aliphatic carbocycles. The number of allylic oxidation sites excluding steroid dienone is 1. The Hall–Kier alpha value is -0.340. The van der Waals surface area contributed by atoms with E-state index < -0.39 is 5.60 Å². The average Bonchev–Trinajstić information content (AvgIpc) is 1.98. The van der Waals surface area contributed by atoms with Crippen molar-refractivity contribution in [1.29, 1.82) is 0 Å². The fraction of sp³-hybridized carbons (Fsp3) is 0.800. The molecule has 0 bridgehead atoms. The van der Waals surface area contributed by atoms with E-state index in [1.807, 2.05) is 0 Å². The first-order chi connectivity index (χ1) is 5.66. The summed E-state index contributed by atoms with van der Waals surface area (Å²) in [6, 6.07) is 0. The highest BCUT2D eigenvalue weighted by molar-refractivity contribution is 5.02. The van der Waals surface area contributed by atoms with Crippen LogP contribution >= 0.6 is 0 Å². The van der Waals surface area contributed by atoms with E-state index in [0.29, 0.717) is 0 Å². The summed E-state index contributed by atoms with van der Waals surface area (Å²) in [4.78, 5) is 0. The molecule has 12 heavy (non-hydrogen) atoms. The van der Waals surface area contributed by atoms with Crippen LogP contribution in [-0.2, 0) is 0 Å². The van der Waals surface area contributed by atoms with E-state index in [1.54, 1.807) is 0 Å². The molecule has 0 aliphatic heterocycles. The fourth-order valence-corrected chi connectivity index (χ4v) is 1.17. The maximum atomic E-state index is 8.97. The Kier molecular flexibility index (Phi) is 3.29. The first kappa shape index (κ1) is 9.75. The van der Waals surface area contributed by atoms with Gasteiger partial charge in [-0.05, 0) is 38.5 Å². The van der Waals surface area contributed by atoms with Gasteiger partial charge in [0.15, 0.2) is 0 Å². The summed E-state index contributed by atoms with van der Waals surface area (Å²) in [5.41, 5.74) is 0.755. The Bertz CT molecular complexity index is 148. The Morgan fingerprint density at radius 3 is 1.75 bits per heavy atom. The molecule has 0 aromatic heterocycles. The van der Waals surface area contributed by atoms with Crippen molar-refractivity contribution in [2.75, 3.05) is 6.61 Å². The van der Waals surface area contributed by atoms with Gasteiger partial charge in [0.2, 0.25) is 0 Å². The Labute approximate surface area is 73.9 Å². The summed E-state index contributed by atoms with van der Waals surface area (Å²) in [5.74, 6) is 0. The lowest BCUT2D eigenvalue weighted by atomic mass is 9.81. The molecule has 2 heteroatoms. The van der Waals surface area contributed by atoms with Gasteiger partial charge in [0.25, 0.3) is 0 Å². The van der Waals surface area contributed by atoms with Crippen LogP contribution in [0, 0.1) is 0 Å². The molecule has 0 aromatic carbocycles. The van der Waals surface area contributed by atoms with Gasteiger partial charge in [-0.1, -0.05) is 12.2 Å². The summed E-state index contributed by atoms with van der Waals surface area (Å²) in [6.07, 6.45) is 6.60. The van der Waals surface area contributed by atoms with Crippen LogP contribution in [0.4, 0.5) is 0 Å². The summed E-state index contributed by atoms with van der Waals surface area (Å²) in [5, 5.41) is 17.4. The van der Waals surface area contributed by atoms with Crippen LogP contribution in [0.25, 0.3) is 0 Å². The Morgan fingerprint density at radius 1 is 1.25 bits per heavy atom. The lowest BCUT2D eigenvalue weighted by Crippen LogP contribution is -2.40. The zero-order valence-corrected chi connectivity index (χ0v) is 7.55. The molecule has 0 spiro atoms. The molecule has 2 N–H and O–H groups in total. The second-order valence-electron chi connectivity index (χ2n) is 3.84. The van der Waals surface area contributed by atoms with Crippen LogP contribution in [0.2, 0.25) is 0 Å². The molecule has 2 nitrogen and oxygen atoms in total. The van der Waals surface area contributed by atoms with Crippen molar-refractivity contribution in [1.82, 2.24) is 0 Å². The number of rotatable bonds is 1. The maximum Gasteiger partial charge on any atom is 0.0877 e. The highest BCUT2D eigenvalue weighted by atomic mass is 16.3. The largest absolute Gasteiger partial charge is 0.393 e. The van der Waals surface area contributed by atoms with E-state index in [4.69, 9.17) is 10.2 Å². The number of hydrogen-bond donors (Lipinski definition) is 2. The molecule has 2 rings (SSSR count). The van der Waals surface area contributed by atoms with Crippen molar-refractivity contribution >= 4 is 0 Å². The summed E-state index contributed by atoms with van der Waals surface area (Å²) < 4.78 is 0. The molecule has 0 atom stereocenters. The predicted molar refractivity (Wildman–Crippen MR) is 48.9 cm³/mol. The zero-order chi connectivity index (χ0) is 9.03. The molecule has 0 aromatic rings. The van der Waals surface area contributed by atoms with Gasteiger partial charge in [-0.3, -0.25) is 0 Å². The maximum absolute atomic E-state index is 8.97. The molecule has 0 unspecified atom stereocenters. The smallest absolute Gasteiger partial charge is 0.0877 e. The van der Waals surface area contributed by atoms with Crippen LogP contribution in [0.3, 0.4) is 0 Å². The lowest BCUT2D eigenvalue weighted by molar-refractivity contribution is -0.0738. The van der Waals surface area contributed by atoms with Crippen molar-refractivity contribution in [3.63, 3.8) is 0 Å². The zero-order valence-electron chi connectivity index (χ0n) is 7.55. The van der Waals surface area contributed by atoms with Gasteiger partial charge in [0.1, 0.15) is 0 Å². The predicted octanol–water partition coefficient (Wildman–Crippen LogP) is 1.62. The number of aliphatic hydroxyl groups is 2. The summed E-state index contributed by atoms with van der Waals surface area (Å²) >= 11 is 0. The molecule has 0 saturated heterocycles. The lowest BCUT2D eigenvalue weighted by Gasteiger charge is -2.34. The molecule has 2 saturated carbocycles. The highest BCUT2D eigenvalue weighted by Gasteiger charge is 2.32. The molecule has 2 fully saturated rings. The standard InChI is InChI=1S/C5H10O2.C5H8/c6-4-5(7)2-1-3-5;1-5-3-2-4-5/h6-7H,1-4H2;1-4H2. The summed E-state index contributed by atoms with van der Waals surface area (Å²) in [7, 11) is 0. The van der Waals surface area contributed by atoms with Crippen LogP contribution in [-0.4, -0.2) is 22.4 Å². The second kappa shape index (κ2) is 4.06. The molecule has 70 valence electrons. The van der Waals surface area contributed by atoms with Crippen molar-refractivity contribution in [2.24, 2.45) is 0 Å². The molecule has 0 radical (unpaired) electrons. The van der Waals surface area contributed by atoms with E-state index in [9.17, 15) is 0 Å². The third-order valence-corrected chi connectivity index (χ3v) is 2.64. The van der Waals surface area contributed by atoms with Gasteiger partial charge >= 0.3 is 0 Å². The molecule has 0 amide bonds. The van der Waals surface area contributed by atoms with E-state index in [1.165, 1.54) is 24.8 Å². The average molecular weight is 170 g/mol. The minimum absolute atomic E-state index is 0.0625. The van der Waals surface area contributed by atoms with Gasteiger partial charge in [-0.2, -0.15) is 0 Å². The molecule has 2 aliphatic rings. The van der Waals surface area contributed by atoms with Crippen LogP contribution in [0.15, 0.2) is 12.2 Å². The molecule has 0 heterocycles. The van der Waals surface area contributed by atoms with Crippen LogP contribution < -0.4 is 0 Å². The first-order valence-corrected chi connectivity index (χ1v) is 4.66. The molecular weight excluding hydrogens is 152 g/mol. The minimum Gasteiger partial charge on any atom is -0.393 e. The van der Waals surface area contributed by atoms with Gasteiger partial charge < -0.3 is 10.2 Å². The Balaban J connectivity index is 0.000000127. The van der Waals surface area contributed by atoms with Gasteiger partial charge in [0.05, 0.1) is 12.2 Å². The van der Waals surface area contributed by atoms with Crippen molar-refractivity contribution in [3.8, 4) is 0 Å². The van der Waals surface area contributed by atoms with Crippen molar-refractivity contribution in [2.45, 2.75) is 44.1 Å². The SMILES string of the molecule is C=C1CCC1.OCC1(O)CCC1. The van der Waals surface area contributed by atoms with Crippen LogP contribution in [0.5, 0.6) is 0 Å².